The Kier molecular flexibility index (Phi) is 5.88. The molecule has 9 heteroatoms. The van der Waals surface area contributed by atoms with Gasteiger partial charge in [0.05, 0.1) is 35.1 Å². The smallest absolute Gasteiger partial charge is 0.321 e. The lowest BCUT2D eigenvalue weighted by molar-refractivity contribution is 0.172. The number of hydrogen-bond acceptors (Lipinski definition) is 5. The summed E-state index contributed by atoms with van der Waals surface area (Å²) < 4.78 is 14.6. The summed E-state index contributed by atoms with van der Waals surface area (Å²) in [4.78, 5) is 14.2. The maximum atomic E-state index is 13.2. The van der Waals surface area contributed by atoms with Crippen LogP contribution >= 0.6 is 0 Å². The highest BCUT2D eigenvalue weighted by Crippen LogP contribution is 2.35. The standard InChI is InChI=1S/C18H26N6O2S/c1-4-24-16(6-10-21-24)27(26)18(2,3)14-7-11-23(12-8-14)17(25)22-15-5-9-19-20-13-15/h5-6,9-10,13-14H,4,7-8,11-12H2,1-3H3,(H,19,22,25). The van der Waals surface area contributed by atoms with Crippen LogP contribution in [0.15, 0.2) is 35.7 Å². The maximum Gasteiger partial charge on any atom is 0.321 e. The molecule has 3 heterocycles. The summed E-state index contributed by atoms with van der Waals surface area (Å²) in [7, 11) is -1.16. The Bertz CT molecular complexity index is 799. The molecule has 0 bridgehead atoms. The summed E-state index contributed by atoms with van der Waals surface area (Å²) in [6.07, 6.45) is 6.41. The molecule has 146 valence electrons. The number of aromatic nitrogens is 4. The fourth-order valence-electron chi connectivity index (χ4n) is 3.48. The predicted molar refractivity (Wildman–Crippen MR) is 104 cm³/mol. The van der Waals surface area contributed by atoms with E-state index in [1.54, 1.807) is 28.0 Å². The van der Waals surface area contributed by atoms with Gasteiger partial charge in [-0.3, -0.25) is 8.89 Å². The van der Waals surface area contributed by atoms with Crippen LogP contribution in [0.2, 0.25) is 0 Å². The van der Waals surface area contributed by atoms with Crippen LogP contribution in [0, 0.1) is 5.92 Å². The number of nitrogens with zero attached hydrogens (tertiary/aromatic N) is 5. The number of rotatable bonds is 5. The Hall–Kier alpha value is -2.29. The largest absolute Gasteiger partial charge is 0.325 e. The molecule has 2 amide bonds. The van der Waals surface area contributed by atoms with Gasteiger partial charge in [0.25, 0.3) is 0 Å². The third kappa shape index (κ3) is 4.18. The molecule has 1 saturated heterocycles. The number of nitrogens with one attached hydrogen (secondary N) is 1. The second-order valence-electron chi connectivity index (χ2n) is 7.18. The first-order chi connectivity index (χ1) is 12.9. The van der Waals surface area contributed by atoms with E-state index in [0.29, 0.717) is 25.3 Å². The molecule has 0 radical (unpaired) electrons. The number of carbonyl (C=O) groups excluding carboxylic acids is 1. The molecule has 3 rings (SSSR count). The summed E-state index contributed by atoms with van der Waals surface area (Å²) in [6, 6.07) is 3.41. The minimum atomic E-state index is -1.16. The lowest BCUT2D eigenvalue weighted by Gasteiger charge is -2.39. The highest BCUT2D eigenvalue weighted by Gasteiger charge is 2.39. The second kappa shape index (κ2) is 8.16. The van der Waals surface area contributed by atoms with Crippen LogP contribution in [-0.2, 0) is 17.3 Å². The molecule has 2 aromatic rings. The number of aryl methyl sites for hydroxylation is 1. The fourth-order valence-corrected chi connectivity index (χ4v) is 5.11. The monoisotopic (exact) mass is 390 g/mol. The molecule has 1 aliphatic rings. The summed E-state index contributed by atoms with van der Waals surface area (Å²) in [5.74, 6) is 0.269. The van der Waals surface area contributed by atoms with E-state index in [4.69, 9.17) is 0 Å². The molecule has 27 heavy (non-hydrogen) atoms. The third-order valence-electron chi connectivity index (χ3n) is 5.25. The molecule has 1 unspecified atom stereocenters. The van der Waals surface area contributed by atoms with Crippen molar-refractivity contribution in [3.63, 3.8) is 0 Å². The second-order valence-corrected chi connectivity index (χ2v) is 9.19. The molecule has 0 aliphatic carbocycles. The van der Waals surface area contributed by atoms with Gasteiger partial charge in [-0.25, -0.2) is 4.79 Å². The van der Waals surface area contributed by atoms with Crippen LogP contribution in [0.3, 0.4) is 0 Å². The van der Waals surface area contributed by atoms with Crippen LogP contribution < -0.4 is 5.32 Å². The van der Waals surface area contributed by atoms with Crippen LogP contribution in [0.25, 0.3) is 0 Å². The number of likely N-dealkylation sites (tertiary alicyclic amines) is 1. The third-order valence-corrected chi connectivity index (χ3v) is 7.26. The minimum Gasteiger partial charge on any atom is -0.325 e. The molecule has 1 atom stereocenters. The first-order valence-electron chi connectivity index (χ1n) is 9.19. The molecule has 0 saturated carbocycles. The number of carbonyl (C=O) groups is 1. The lowest BCUT2D eigenvalue weighted by atomic mass is 9.86. The maximum absolute atomic E-state index is 13.2. The van der Waals surface area contributed by atoms with E-state index in [0.717, 1.165) is 17.9 Å². The molecule has 1 N–H and O–H groups in total. The Labute approximate surface area is 161 Å². The van der Waals surface area contributed by atoms with Crippen molar-refractivity contribution in [3.05, 3.63) is 30.7 Å². The highest BCUT2D eigenvalue weighted by atomic mass is 32.2. The topological polar surface area (TPSA) is 93.0 Å². The molecule has 2 aromatic heterocycles. The van der Waals surface area contributed by atoms with E-state index in [1.807, 2.05) is 13.0 Å². The number of urea groups is 1. The van der Waals surface area contributed by atoms with Crippen LogP contribution in [-0.4, -0.2) is 53.0 Å². The number of hydrogen-bond donors (Lipinski definition) is 1. The van der Waals surface area contributed by atoms with Crippen LogP contribution in [0.4, 0.5) is 10.5 Å². The molecule has 0 aromatic carbocycles. The molecular weight excluding hydrogens is 364 g/mol. The van der Waals surface area contributed by atoms with Gasteiger partial charge in [0.2, 0.25) is 0 Å². The molecule has 8 nitrogen and oxygen atoms in total. The fraction of sp³-hybridized carbons (Fsp3) is 0.556. The lowest BCUT2D eigenvalue weighted by Crippen LogP contribution is -2.47. The van der Waals surface area contributed by atoms with Gasteiger partial charge in [0.15, 0.2) is 0 Å². The normalized spacial score (nSPS) is 16.9. The van der Waals surface area contributed by atoms with Crippen LogP contribution in [0.5, 0.6) is 0 Å². The van der Waals surface area contributed by atoms with E-state index >= 15 is 0 Å². The Morgan fingerprint density at radius 1 is 1.26 bits per heavy atom. The molecule has 0 spiro atoms. The Balaban J connectivity index is 1.61. The van der Waals surface area contributed by atoms with Gasteiger partial charge in [-0.2, -0.15) is 15.3 Å². The predicted octanol–water partition coefficient (Wildman–Crippen LogP) is 2.52. The van der Waals surface area contributed by atoms with Crippen molar-refractivity contribution < 1.29 is 9.00 Å². The zero-order valence-corrected chi connectivity index (χ0v) is 16.8. The zero-order chi connectivity index (χ0) is 19.4. The van der Waals surface area contributed by atoms with E-state index in [-0.39, 0.29) is 16.7 Å². The van der Waals surface area contributed by atoms with E-state index < -0.39 is 10.8 Å². The quantitative estimate of drug-likeness (QED) is 0.847. The van der Waals surface area contributed by atoms with Gasteiger partial charge in [0, 0.05) is 24.4 Å². The summed E-state index contributed by atoms with van der Waals surface area (Å²) in [5, 5.41) is 15.3. The zero-order valence-electron chi connectivity index (χ0n) is 16.0. The summed E-state index contributed by atoms with van der Waals surface area (Å²) >= 11 is 0. The van der Waals surface area contributed by atoms with Gasteiger partial charge in [-0.05, 0) is 51.7 Å². The van der Waals surface area contributed by atoms with Gasteiger partial charge in [-0.15, -0.1) is 0 Å². The SMILES string of the molecule is CCn1nccc1S(=O)C(C)(C)C1CCN(C(=O)Nc2ccnnc2)CC1. The molecule has 1 fully saturated rings. The number of piperidine rings is 1. The summed E-state index contributed by atoms with van der Waals surface area (Å²) in [6.45, 7) is 8.09. The van der Waals surface area contributed by atoms with Gasteiger partial charge < -0.3 is 10.2 Å². The average Bonchev–Trinajstić information content (AvgIpc) is 3.17. The molecular formula is C18H26N6O2S. The first-order valence-corrected chi connectivity index (χ1v) is 10.3. The Morgan fingerprint density at radius 3 is 2.63 bits per heavy atom. The van der Waals surface area contributed by atoms with Crippen molar-refractivity contribution >= 4 is 22.5 Å². The summed E-state index contributed by atoms with van der Waals surface area (Å²) in [5.41, 5.74) is 0.631. The minimum absolute atomic E-state index is 0.135. The van der Waals surface area contributed by atoms with Crippen molar-refractivity contribution in [1.82, 2.24) is 24.9 Å². The average molecular weight is 391 g/mol. The van der Waals surface area contributed by atoms with Crippen molar-refractivity contribution in [2.45, 2.75) is 49.9 Å². The van der Waals surface area contributed by atoms with Crippen LogP contribution in [0.1, 0.15) is 33.6 Å². The van der Waals surface area contributed by atoms with Gasteiger partial charge in [0.1, 0.15) is 5.03 Å². The first kappa shape index (κ1) is 19.5. The molecule has 1 aliphatic heterocycles. The highest BCUT2D eigenvalue weighted by molar-refractivity contribution is 7.86. The number of anilines is 1. The van der Waals surface area contributed by atoms with Crippen molar-refractivity contribution in [1.29, 1.82) is 0 Å². The van der Waals surface area contributed by atoms with Crippen molar-refractivity contribution in [2.24, 2.45) is 5.92 Å². The van der Waals surface area contributed by atoms with Gasteiger partial charge >= 0.3 is 6.03 Å². The van der Waals surface area contributed by atoms with Gasteiger partial charge in [-0.1, -0.05) is 0 Å². The van der Waals surface area contributed by atoms with E-state index in [1.165, 1.54) is 6.20 Å². The van der Waals surface area contributed by atoms with E-state index in [2.05, 4.69) is 34.5 Å². The van der Waals surface area contributed by atoms with E-state index in [9.17, 15) is 9.00 Å². The van der Waals surface area contributed by atoms with Crippen molar-refractivity contribution in [3.8, 4) is 0 Å². The number of amides is 2. The van der Waals surface area contributed by atoms with Crippen molar-refractivity contribution in [2.75, 3.05) is 18.4 Å². The Morgan fingerprint density at radius 2 is 2.00 bits per heavy atom.